The van der Waals surface area contributed by atoms with Gasteiger partial charge in [0.05, 0.1) is 5.92 Å². The van der Waals surface area contributed by atoms with Gasteiger partial charge in [-0.3, -0.25) is 4.79 Å². The third kappa shape index (κ3) is 3.44. The third-order valence-corrected chi connectivity index (χ3v) is 4.00. The largest absolute Gasteiger partial charge is 0.355 e. The van der Waals surface area contributed by atoms with Crippen LogP contribution >= 0.6 is 0 Å². The standard InChI is InChI=1S/C14H28N2O/c1-9(2)10(3)11-12(14(4,5)6)15-7-8-16-13(11)17/h9-12,15H,7-8H2,1-6H3,(H,16,17)/t10-,11?,12?/m1/s1. The van der Waals surface area contributed by atoms with Gasteiger partial charge in [0, 0.05) is 19.1 Å². The molecule has 1 fully saturated rings. The average Bonchev–Trinajstić information content (AvgIpc) is 2.37. The van der Waals surface area contributed by atoms with Gasteiger partial charge in [0.25, 0.3) is 0 Å². The van der Waals surface area contributed by atoms with E-state index in [-0.39, 0.29) is 23.3 Å². The Labute approximate surface area is 106 Å². The molecule has 17 heavy (non-hydrogen) atoms. The minimum Gasteiger partial charge on any atom is -0.355 e. The first-order valence-corrected chi connectivity index (χ1v) is 6.76. The molecule has 0 radical (unpaired) electrons. The number of amides is 1. The summed E-state index contributed by atoms with van der Waals surface area (Å²) < 4.78 is 0. The molecule has 0 aliphatic carbocycles. The summed E-state index contributed by atoms with van der Waals surface area (Å²) in [7, 11) is 0. The van der Waals surface area contributed by atoms with E-state index in [0.717, 1.165) is 13.1 Å². The number of hydrogen-bond donors (Lipinski definition) is 2. The van der Waals surface area contributed by atoms with Crippen LogP contribution < -0.4 is 10.6 Å². The molecule has 2 N–H and O–H groups in total. The zero-order valence-corrected chi connectivity index (χ0v) is 12.1. The fourth-order valence-corrected chi connectivity index (χ4v) is 2.61. The molecular formula is C14H28N2O. The summed E-state index contributed by atoms with van der Waals surface area (Å²) in [6.45, 7) is 14.8. The van der Waals surface area contributed by atoms with Gasteiger partial charge in [0.15, 0.2) is 0 Å². The van der Waals surface area contributed by atoms with Crippen LogP contribution in [0.4, 0.5) is 0 Å². The Kier molecular flexibility index (Phi) is 4.59. The Bertz CT molecular complexity index is 268. The number of rotatable bonds is 2. The van der Waals surface area contributed by atoms with Crippen molar-refractivity contribution < 1.29 is 4.79 Å². The van der Waals surface area contributed by atoms with Gasteiger partial charge in [-0.25, -0.2) is 0 Å². The molecule has 0 bridgehead atoms. The second-order valence-corrected chi connectivity index (χ2v) is 6.72. The normalized spacial score (nSPS) is 28.8. The summed E-state index contributed by atoms with van der Waals surface area (Å²) in [5.41, 5.74) is 0.107. The van der Waals surface area contributed by atoms with Gasteiger partial charge >= 0.3 is 0 Å². The van der Waals surface area contributed by atoms with Crippen molar-refractivity contribution in [1.29, 1.82) is 0 Å². The van der Waals surface area contributed by atoms with E-state index in [0.29, 0.717) is 11.8 Å². The lowest BCUT2D eigenvalue weighted by molar-refractivity contribution is -0.128. The predicted octanol–water partition coefficient (Wildman–Crippen LogP) is 2.03. The molecule has 1 amide bonds. The van der Waals surface area contributed by atoms with E-state index in [1.165, 1.54) is 0 Å². The lowest BCUT2D eigenvalue weighted by Crippen LogP contribution is -2.51. The van der Waals surface area contributed by atoms with Crippen LogP contribution in [0.2, 0.25) is 0 Å². The fourth-order valence-electron chi connectivity index (χ4n) is 2.61. The number of carbonyl (C=O) groups excluding carboxylic acids is 1. The van der Waals surface area contributed by atoms with Crippen molar-refractivity contribution in [1.82, 2.24) is 10.6 Å². The Morgan fingerprint density at radius 1 is 1.18 bits per heavy atom. The van der Waals surface area contributed by atoms with E-state index in [2.05, 4.69) is 52.2 Å². The summed E-state index contributed by atoms with van der Waals surface area (Å²) in [5, 5.41) is 6.59. The second kappa shape index (κ2) is 5.38. The molecule has 2 unspecified atom stereocenters. The molecule has 1 aliphatic rings. The van der Waals surface area contributed by atoms with E-state index >= 15 is 0 Å². The molecule has 100 valence electrons. The van der Waals surface area contributed by atoms with Crippen molar-refractivity contribution in [3.8, 4) is 0 Å². The lowest BCUT2D eigenvalue weighted by atomic mass is 9.71. The number of carbonyl (C=O) groups is 1. The van der Waals surface area contributed by atoms with Crippen LogP contribution in [0, 0.1) is 23.2 Å². The van der Waals surface area contributed by atoms with Crippen LogP contribution in [0.1, 0.15) is 41.5 Å². The molecule has 3 nitrogen and oxygen atoms in total. The average molecular weight is 240 g/mol. The quantitative estimate of drug-likeness (QED) is 0.775. The summed E-state index contributed by atoms with van der Waals surface area (Å²) in [4.78, 5) is 12.3. The third-order valence-electron chi connectivity index (χ3n) is 4.00. The topological polar surface area (TPSA) is 41.1 Å². The maximum Gasteiger partial charge on any atom is 0.225 e. The van der Waals surface area contributed by atoms with Crippen LogP contribution in [0.25, 0.3) is 0 Å². The first-order chi connectivity index (χ1) is 7.75. The molecule has 3 atom stereocenters. The molecule has 3 heteroatoms. The molecule has 0 spiro atoms. The Morgan fingerprint density at radius 3 is 2.24 bits per heavy atom. The highest BCUT2D eigenvalue weighted by Crippen LogP contribution is 2.33. The fraction of sp³-hybridized carbons (Fsp3) is 0.929. The van der Waals surface area contributed by atoms with Crippen molar-refractivity contribution in [3.05, 3.63) is 0 Å². The molecule has 0 aromatic heterocycles. The van der Waals surface area contributed by atoms with E-state index in [4.69, 9.17) is 0 Å². The monoisotopic (exact) mass is 240 g/mol. The first-order valence-electron chi connectivity index (χ1n) is 6.76. The zero-order valence-electron chi connectivity index (χ0n) is 12.1. The van der Waals surface area contributed by atoms with Crippen LogP contribution in [0.15, 0.2) is 0 Å². The SMILES string of the molecule is CC(C)[C@@H](C)C1C(=O)NCCNC1C(C)(C)C. The van der Waals surface area contributed by atoms with Crippen molar-refractivity contribution in [2.45, 2.75) is 47.6 Å². The summed E-state index contributed by atoms with van der Waals surface area (Å²) >= 11 is 0. The van der Waals surface area contributed by atoms with Gasteiger partial charge in [-0.15, -0.1) is 0 Å². The summed E-state index contributed by atoms with van der Waals surface area (Å²) in [6, 6.07) is 0.252. The smallest absolute Gasteiger partial charge is 0.225 e. The molecule has 0 saturated carbocycles. The first kappa shape index (κ1) is 14.5. The minimum absolute atomic E-state index is 0.0671. The van der Waals surface area contributed by atoms with Gasteiger partial charge in [0.1, 0.15) is 0 Å². The molecular weight excluding hydrogens is 212 g/mol. The van der Waals surface area contributed by atoms with E-state index in [1.807, 2.05) is 0 Å². The Morgan fingerprint density at radius 2 is 1.76 bits per heavy atom. The highest BCUT2D eigenvalue weighted by atomic mass is 16.2. The molecule has 1 heterocycles. The van der Waals surface area contributed by atoms with Gasteiger partial charge < -0.3 is 10.6 Å². The van der Waals surface area contributed by atoms with Gasteiger partial charge in [-0.2, -0.15) is 0 Å². The van der Waals surface area contributed by atoms with E-state index in [9.17, 15) is 4.79 Å². The van der Waals surface area contributed by atoms with Crippen molar-refractivity contribution in [3.63, 3.8) is 0 Å². The second-order valence-electron chi connectivity index (χ2n) is 6.72. The molecule has 0 aromatic carbocycles. The van der Waals surface area contributed by atoms with Crippen LogP contribution in [0.5, 0.6) is 0 Å². The van der Waals surface area contributed by atoms with Crippen LogP contribution in [0.3, 0.4) is 0 Å². The van der Waals surface area contributed by atoms with Crippen molar-refractivity contribution in [2.24, 2.45) is 23.2 Å². The summed E-state index contributed by atoms with van der Waals surface area (Å²) in [5.74, 6) is 1.20. The highest BCUT2D eigenvalue weighted by Gasteiger charge is 2.41. The van der Waals surface area contributed by atoms with Gasteiger partial charge in [-0.05, 0) is 17.3 Å². The van der Waals surface area contributed by atoms with Gasteiger partial charge in [-0.1, -0.05) is 41.5 Å². The molecule has 1 saturated heterocycles. The predicted molar refractivity (Wildman–Crippen MR) is 71.7 cm³/mol. The van der Waals surface area contributed by atoms with Crippen molar-refractivity contribution in [2.75, 3.05) is 13.1 Å². The summed E-state index contributed by atoms with van der Waals surface area (Å²) in [6.07, 6.45) is 0. The molecule has 0 aromatic rings. The maximum atomic E-state index is 12.3. The molecule has 1 aliphatic heterocycles. The number of hydrogen-bond acceptors (Lipinski definition) is 2. The Hall–Kier alpha value is -0.570. The maximum absolute atomic E-state index is 12.3. The Balaban J connectivity index is 3.00. The van der Waals surface area contributed by atoms with Crippen LogP contribution in [-0.2, 0) is 4.79 Å². The molecule has 1 rings (SSSR count). The van der Waals surface area contributed by atoms with E-state index < -0.39 is 0 Å². The van der Waals surface area contributed by atoms with Gasteiger partial charge in [0.2, 0.25) is 5.91 Å². The van der Waals surface area contributed by atoms with Crippen LogP contribution in [-0.4, -0.2) is 25.0 Å². The van der Waals surface area contributed by atoms with E-state index in [1.54, 1.807) is 0 Å². The minimum atomic E-state index is 0.0671. The zero-order chi connectivity index (χ0) is 13.2. The highest BCUT2D eigenvalue weighted by molar-refractivity contribution is 5.80. The lowest BCUT2D eigenvalue weighted by Gasteiger charge is -2.39. The van der Waals surface area contributed by atoms with Crippen molar-refractivity contribution >= 4 is 5.91 Å². The number of nitrogens with one attached hydrogen (secondary N) is 2.